The van der Waals surface area contributed by atoms with E-state index in [-0.39, 0.29) is 23.9 Å². The van der Waals surface area contributed by atoms with Gasteiger partial charge >= 0.3 is 22.9 Å². The van der Waals surface area contributed by atoms with Crippen LogP contribution in [0.15, 0.2) is 57.2 Å². The number of carbonyl (C=O) groups is 1. The first-order valence-electron chi connectivity index (χ1n) is 9.40. The van der Waals surface area contributed by atoms with Crippen LogP contribution in [0, 0.1) is 10.1 Å². The lowest BCUT2D eigenvalue weighted by Crippen LogP contribution is -2.54. The summed E-state index contributed by atoms with van der Waals surface area (Å²) in [5.41, 5.74) is -6.71. The second kappa shape index (κ2) is 10.9. The number of carbonyl (C=O) groups excluding carboxylic acids is 1. The monoisotopic (exact) mass is 636 g/mol. The number of thioether (sulfide) groups is 1. The highest BCUT2D eigenvalue weighted by molar-refractivity contribution is 8.00. The third kappa shape index (κ3) is 7.38. The Morgan fingerprint density at radius 3 is 2.08 bits per heavy atom. The third-order valence-electron chi connectivity index (χ3n) is 4.30. The molecule has 0 bridgehead atoms. The van der Waals surface area contributed by atoms with E-state index in [9.17, 15) is 71.4 Å². The SMILES string of the molecule is O=C(CS(=O)(=O)c1ccc(S(=O)C(F)(F)C(F)(F)C(F)(F)F)cc1[N+](=O)[O-])Nc1cccc(SC(F)(F)F)c1. The van der Waals surface area contributed by atoms with Crippen molar-refractivity contribution in [2.75, 3.05) is 11.1 Å². The average molecular weight is 636 g/mol. The van der Waals surface area contributed by atoms with Crippen molar-refractivity contribution < 1.29 is 66.2 Å². The van der Waals surface area contributed by atoms with Crippen molar-refractivity contribution >= 4 is 49.7 Å². The van der Waals surface area contributed by atoms with Crippen molar-refractivity contribution in [2.45, 2.75) is 37.5 Å². The Labute approximate surface area is 217 Å². The van der Waals surface area contributed by atoms with Gasteiger partial charge in [-0.15, -0.1) is 0 Å². The minimum absolute atomic E-state index is 0.0477. The maximum Gasteiger partial charge on any atom is 0.461 e. The molecule has 1 atom stereocenters. The average Bonchev–Trinajstić information content (AvgIpc) is 2.75. The number of nitro groups is 1. The molecular formula is C18H10F10N2O6S3. The molecule has 2 aromatic carbocycles. The number of rotatable bonds is 9. The number of amides is 1. The summed E-state index contributed by atoms with van der Waals surface area (Å²) in [4.78, 5) is 18.4. The number of sulfone groups is 1. The van der Waals surface area contributed by atoms with E-state index < -0.39 is 92.2 Å². The molecule has 2 rings (SSSR count). The lowest BCUT2D eigenvalue weighted by molar-refractivity contribution is -0.388. The standard InChI is InChI=1S/C18H10F10N2O6S3/c19-15(20,16(21,22)23)17(24,25)38(34)11-4-5-13(12(7-11)30(32)33)39(35,36)8-14(31)29-9-2-1-3-10(6-9)37-18(26,27)28/h1-7H,8H2,(H,29,31). The van der Waals surface area contributed by atoms with Gasteiger partial charge in [-0.3, -0.25) is 14.9 Å². The minimum Gasteiger partial charge on any atom is -0.325 e. The number of nitro benzene ring substituents is 1. The van der Waals surface area contributed by atoms with Gasteiger partial charge < -0.3 is 5.32 Å². The summed E-state index contributed by atoms with van der Waals surface area (Å²) in [5, 5.41) is 6.89. The first-order valence-corrected chi connectivity index (χ1v) is 13.0. The van der Waals surface area contributed by atoms with Gasteiger partial charge in [-0.25, -0.2) is 12.6 Å². The van der Waals surface area contributed by atoms with Crippen LogP contribution in [0.3, 0.4) is 0 Å². The van der Waals surface area contributed by atoms with E-state index >= 15 is 0 Å². The molecule has 0 aliphatic carbocycles. The zero-order valence-corrected chi connectivity index (χ0v) is 20.6. The van der Waals surface area contributed by atoms with Crippen LogP contribution < -0.4 is 5.32 Å². The molecule has 2 aromatic rings. The summed E-state index contributed by atoms with van der Waals surface area (Å²) in [7, 11) is -9.66. The maximum atomic E-state index is 13.8. The summed E-state index contributed by atoms with van der Waals surface area (Å²) in [6.07, 6.45) is -6.88. The predicted octanol–water partition coefficient (Wildman–Crippen LogP) is 5.52. The molecular weight excluding hydrogens is 626 g/mol. The van der Waals surface area contributed by atoms with Gasteiger partial charge in [0.05, 0.1) is 9.82 Å². The smallest absolute Gasteiger partial charge is 0.325 e. The molecule has 1 N–H and O–H groups in total. The maximum absolute atomic E-state index is 13.8. The van der Waals surface area contributed by atoms with Crippen molar-refractivity contribution in [3.63, 3.8) is 0 Å². The van der Waals surface area contributed by atoms with Gasteiger partial charge in [-0.05, 0) is 42.1 Å². The molecule has 0 spiro atoms. The Kier molecular flexibility index (Phi) is 9.03. The topological polar surface area (TPSA) is 123 Å². The number of anilines is 1. The second-order valence-electron chi connectivity index (χ2n) is 7.13. The molecule has 0 fully saturated rings. The van der Waals surface area contributed by atoms with Crippen molar-refractivity contribution in [1.82, 2.24) is 0 Å². The van der Waals surface area contributed by atoms with E-state index in [0.29, 0.717) is 0 Å². The van der Waals surface area contributed by atoms with E-state index in [0.717, 1.165) is 24.3 Å². The van der Waals surface area contributed by atoms with Gasteiger partial charge in [0.2, 0.25) is 5.91 Å². The van der Waals surface area contributed by atoms with Gasteiger partial charge in [0, 0.05) is 16.6 Å². The van der Waals surface area contributed by atoms with Gasteiger partial charge in [0.1, 0.15) is 21.4 Å². The molecule has 39 heavy (non-hydrogen) atoms. The molecule has 0 heterocycles. The van der Waals surface area contributed by atoms with Crippen LogP contribution in [0.1, 0.15) is 0 Å². The largest absolute Gasteiger partial charge is 0.461 e. The molecule has 0 radical (unpaired) electrons. The van der Waals surface area contributed by atoms with E-state index in [1.807, 2.05) is 5.32 Å². The lowest BCUT2D eigenvalue weighted by Gasteiger charge is -2.27. The number of hydrogen-bond donors (Lipinski definition) is 1. The third-order valence-corrected chi connectivity index (χ3v) is 8.09. The lowest BCUT2D eigenvalue weighted by atomic mass is 10.3. The van der Waals surface area contributed by atoms with Crippen molar-refractivity contribution in [3.8, 4) is 0 Å². The van der Waals surface area contributed by atoms with Gasteiger partial charge in [0.25, 0.3) is 5.69 Å². The fraction of sp³-hybridized carbons (Fsp3) is 0.278. The molecule has 0 aliphatic rings. The zero-order chi connectivity index (χ0) is 30.2. The van der Waals surface area contributed by atoms with Crippen LogP contribution in [-0.2, 0) is 25.4 Å². The molecule has 0 saturated carbocycles. The minimum atomic E-state index is -6.88. The predicted molar refractivity (Wildman–Crippen MR) is 114 cm³/mol. The molecule has 216 valence electrons. The van der Waals surface area contributed by atoms with Crippen LogP contribution in [0.25, 0.3) is 0 Å². The Bertz CT molecular complexity index is 1410. The molecule has 8 nitrogen and oxygen atoms in total. The number of alkyl halides is 10. The molecule has 21 heteroatoms. The van der Waals surface area contributed by atoms with E-state index in [4.69, 9.17) is 0 Å². The highest BCUT2D eigenvalue weighted by atomic mass is 32.2. The molecule has 0 aliphatic heterocycles. The molecule has 1 amide bonds. The molecule has 1 unspecified atom stereocenters. The summed E-state index contributed by atoms with van der Waals surface area (Å²) >= 11 is -0.567. The number of hydrogen-bond acceptors (Lipinski definition) is 7. The fourth-order valence-electron chi connectivity index (χ4n) is 2.67. The van der Waals surface area contributed by atoms with Crippen LogP contribution >= 0.6 is 11.8 Å². The van der Waals surface area contributed by atoms with Crippen LogP contribution in [0.2, 0.25) is 0 Å². The Morgan fingerprint density at radius 1 is 0.974 bits per heavy atom. The first kappa shape index (κ1) is 32.3. The van der Waals surface area contributed by atoms with Crippen molar-refractivity contribution in [3.05, 3.63) is 52.6 Å². The number of benzene rings is 2. The molecule has 0 aromatic heterocycles. The Balaban J connectivity index is 2.37. The van der Waals surface area contributed by atoms with Gasteiger partial charge in [0.15, 0.2) is 9.84 Å². The number of nitrogens with zero attached hydrogens (tertiary/aromatic N) is 1. The van der Waals surface area contributed by atoms with E-state index in [2.05, 4.69) is 0 Å². The summed E-state index contributed by atoms with van der Waals surface area (Å²) in [6.45, 7) is 0. The van der Waals surface area contributed by atoms with Gasteiger partial charge in [-0.2, -0.15) is 43.9 Å². The summed E-state index contributed by atoms with van der Waals surface area (Å²) in [6, 6.07) is 3.86. The van der Waals surface area contributed by atoms with E-state index in [1.165, 1.54) is 0 Å². The van der Waals surface area contributed by atoms with Gasteiger partial charge in [-0.1, -0.05) is 6.07 Å². The van der Waals surface area contributed by atoms with Crippen LogP contribution in [0.4, 0.5) is 55.3 Å². The summed E-state index contributed by atoms with van der Waals surface area (Å²) < 4.78 is 166. The molecule has 0 saturated heterocycles. The highest BCUT2D eigenvalue weighted by Crippen LogP contribution is 2.49. The van der Waals surface area contributed by atoms with E-state index in [1.54, 1.807) is 0 Å². The Morgan fingerprint density at radius 2 is 1.56 bits per heavy atom. The van der Waals surface area contributed by atoms with Crippen molar-refractivity contribution in [2.24, 2.45) is 0 Å². The quantitative estimate of drug-likeness (QED) is 0.167. The number of halogens is 10. The van der Waals surface area contributed by atoms with Crippen molar-refractivity contribution in [1.29, 1.82) is 0 Å². The fourth-order valence-corrected chi connectivity index (χ4v) is 5.62. The van der Waals surface area contributed by atoms with Crippen LogP contribution in [0.5, 0.6) is 0 Å². The van der Waals surface area contributed by atoms with Crippen LogP contribution in [-0.4, -0.2) is 52.1 Å². The second-order valence-corrected chi connectivity index (χ2v) is 11.7. The zero-order valence-electron chi connectivity index (χ0n) is 18.1. The normalized spacial score (nSPS) is 14.1. The summed E-state index contributed by atoms with van der Waals surface area (Å²) in [5.74, 6) is -9.91. The first-order chi connectivity index (χ1) is 17.5. The number of nitrogens with one attached hydrogen (secondary N) is 1. The Hall–Kier alpha value is -2.94. The highest BCUT2D eigenvalue weighted by Gasteiger charge is 2.76.